The van der Waals surface area contributed by atoms with Crippen LogP contribution in [0.4, 0.5) is 8.78 Å². The van der Waals surface area contributed by atoms with Gasteiger partial charge >= 0.3 is 0 Å². The molecule has 0 heterocycles. The molecule has 0 aliphatic carbocycles. The molecule has 19 heavy (non-hydrogen) atoms. The predicted octanol–water partition coefficient (Wildman–Crippen LogP) is 4.58. The molecule has 0 aromatic heterocycles. The lowest BCUT2D eigenvalue weighted by molar-refractivity contribution is 0.542. The summed E-state index contributed by atoms with van der Waals surface area (Å²) in [5.41, 5.74) is 1.57. The normalized spacial score (nSPS) is 12.4. The lowest BCUT2D eigenvalue weighted by Crippen LogP contribution is -2.18. The van der Waals surface area contributed by atoms with E-state index < -0.39 is 0 Å². The topological polar surface area (TPSA) is 12.0 Å². The standard InChI is InChI=1S/C15H14BrF2N/c1-10(11-2-5-14(17)6-3-11)19-9-12-8-13(16)4-7-15(12)18/h2-8,10,19H,9H2,1H3/t10-/m0/s1. The molecule has 0 aliphatic heterocycles. The SMILES string of the molecule is C[C@H](NCc1cc(Br)ccc1F)c1ccc(F)cc1. The summed E-state index contributed by atoms with van der Waals surface area (Å²) >= 11 is 3.32. The second kappa shape index (κ2) is 6.26. The van der Waals surface area contributed by atoms with Crippen LogP contribution >= 0.6 is 15.9 Å². The highest BCUT2D eigenvalue weighted by Gasteiger charge is 2.07. The van der Waals surface area contributed by atoms with Gasteiger partial charge in [0.25, 0.3) is 0 Å². The Morgan fingerprint density at radius 2 is 1.79 bits per heavy atom. The van der Waals surface area contributed by atoms with Crippen molar-refractivity contribution in [3.05, 3.63) is 69.7 Å². The number of halogens is 3. The second-order valence-corrected chi connectivity index (χ2v) is 5.31. The molecule has 0 spiro atoms. The van der Waals surface area contributed by atoms with Crippen molar-refractivity contribution in [3.8, 4) is 0 Å². The molecule has 1 atom stereocenters. The number of hydrogen-bond donors (Lipinski definition) is 1. The van der Waals surface area contributed by atoms with Crippen molar-refractivity contribution in [2.24, 2.45) is 0 Å². The highest BCUT2D eigenvalue weighted by Crippen LogP contribution is 2.18. The average Bonchev–Trinajstić information content (AvgIpc) is 2.40. The Balaban J connectivity index is 2.02. The summed E-state index contributed by atoms with van der Waals surface area (Å²) in [6.07, 6.45) is 0. The number of nitrogens with one attached hydrogen (secondary N) is 1. The Kier molecular flexibility index (Phi) is 4.66. The molecule has 0 radical (unpaired) electrons. The second-order valence-electron chi connectivity index (χ2n) is 4.39. The summed E-state index contributed by atoms with van der Waals surface area (Å²) in [5.74, 6) is -0.490. The molecular formula is C15H14BrF2N. The van der Waals surface area contributed by atoms with Gasteiger partial charge < -0.3 is 5.32 Å². The molecule has 0 bridgehead atoms. The van der Waals surface area contributed by atoms with Crippen LogP contribution in [0.5, 0.6) is 0 Å². The van der Waals surface area contributed by atoms with Crippen molar-refractivity contribution in [1.82, 2.24) is 5.32 Å². The van der Waals surface area contributed by atoms with Crippen molar-refractivity contribution < 1.29 is 8.78 Å². The zero-order chi connectivity index (χ0) is 13.8. The predicted molar refractivity (Wildman–Crippen MR) is 75.8 cm³/mol. The summed E-state index contributed by atoms with van der Waals surface area (Å²) in [7, 11) is 0. The van der Waals surface area contributed by atoms with Gasteiger partial charge in [-0.1, -0.05) is 28.1 Å². The monoisotopic (exact) mass is 325 g/mol. The van der Waals surface area contributed by atoms with Crippen molar-refractivity contribution in [2.75, 3.05) is 0 Å². The fraction of sp³-hybridized carbons (Fsp3) is 0.200. The maximum absolute atomic E-state index is 13.6. The molecule has 2 aromatic rings. The van der Waals surface area contributed by atoms with Crippen LogP contribution in [0, 0.1) is 11.6 Å². The van der Waals surface area contributed by atoms with Gasteiger partial charge in [-0.3, -0.25) is 0 Å². The van der Waals surface area contributed by atoms with Gasteiger partial charge in [0.15, 0.2) is 0 Å². The summed E-state index contributed by atoms with van der Waals surface area (Å²) in [6.45, 7) is 2.38. The Morgan fingerprint density at radius 3 is 2.47 bits per heavy atom. The van der Waals surface area contributed by atoms with Gasteiger partial charge in [-0.25, -0.2) is 8.78 Å². The number of hydrogen-bond acceptors (Lipinski definition) is 1. The smallest absolute Gasteiger partial charge is 0.127 e. The van der Waals surface area contributed by atoms with Crippen LogP contribution in [-0.2, 0) is 6.54 Å². The zero-order valence-electron chi connectivity index (χ0n) is 10.5. The average molecular weight is 326 g/mol. The third-order valence-corrected chi connectivity index (χ3v) is 3.47. The maximum Gasteiger partial charge on any atom is 0.127 e. The van der Waals surface area contributed by atoms with E-state index in [4.69, 9.17) is 0 Å². The molecule has 0 fully saturated rings. The third kappa shape index (κ3) is 3.85. The van der Waals surface area contributed by atoms with Crippen LogP contribution < -0.4 is 5.32 Å². The third-order valence-electron chi connectivity index (χ3n) is 2.98. The highest BCUT2D eigenvalue weighted by atomic mass is 79.9. The molecule has 0 amide bonds. The first-order valence-corrected chi connectivity index (χ1v) is 6.78. The van der Waals surface area contributed by atoms with Crippen LogP contribution in [0.3, 0.4) is 0 Å². The van der Waals surface area contributed by atoms with Gasteiger partial charge in [0.2, 0.25) is 0 Å². The Hall–Kier alpha value is -1.26. The first-order valence-electron chi connectivity index (χ1n) is 5.99. The minimum atomic E-state index is -0.256. The number of rotatable bonds is 4. The summed E-state index contributed by atoms with van der Waals surface area (Å²) in [4.78, 5) is 0. The summed E-state index contributed by atoms with van der Waals surface area (Å²) in [6, 6.07) is 11.2. The fourth-order valence-corrected chi connectivity index (χ4v) is 2.22. The van der Waals surface area contributed by atoms with Crippen LogP contribution in [0.1, 0.15) is 24.1 Å². The van der Waals surface area contributed by atoms with Crippen LogP contribution in [0.25, 0.3) is 0 Å². The van der Waals surface area contributed by atoms with Crippen molar-refractivity contribution in [3.63, 3.8) is 0 Å². The molecule has 4 heteroatoms. The molecule has 1 nitrogen and oxygen atoms in total. The van der Waals surface area contributed by atoms with E-state index in [2.05, 4.69) is 21.2 Å². The minimum absolute atomic E-state index is 0.0268. The van der Waals surface area contributed by atoms with E-state index in [1.165, 1.54) is 18.2 Å². The molecule has 1 N–H and O–H groups in total. The lowest BCUT2D eigenvalue weighted by Gasteiger charge is -2.14. The Bertz CT molecular complexity index is 555. The number of benzene rings is 2. The molecule has 2 rings (SSSR count). The highest BCUT2D eigenvalue weighted by molar-refractivity contribution is 9.10. The molecule has 100 valence electrons. The lowest BCUT2D eigenvalue weighted by atomic mass is 10.1. The minimum Gasteiger partial charge on any atom is -0.306 e. The largest absolute Gasteiger partial charge is 0.306 e. The molecular weight excluding hydrogens is 312 g/mol. The maximum atomic E-state index is 13.6. The molecule has 0 saturated heterocycles. The zero-order valence-corrected chi connectivity index (χ0v) is 12.0. The van der Waals surface area contributed by atoms with Gasteiger partial charge in [-0.15, -0.1) is 0 Å². The van der Waals surface area contributed by atoms with Crippen LogP contribution in [-0.4, -0.2) is 0 Å². The van der Waals surface area contributed by atoms with E-state index in [0.717, 1.165) is 10.0 Å². The van der Waals surface area contributed by atoms with E-state index in [-0.39, 0.29) is 17.7 Å². The molecule has 0 saturated carbocycles. The first-order chi connectivity index (χ1) is 9.06. The van der Waals surface area contributed by atoms with Crippen LogP contribution in [0.15, 0.2) is 46.9 Å². The van der Waals surface area contributed by atoms with Gasteiger partial charge in [0.1, 0.15) is 11.6 Å². The van der Waals surface area contributed by atoms with Crippen molar-refractivity contribution in [1.29, 1.82) is 0 Å². The van der Waals surface area contributed by atoms with Gasteiger partial charge in [0, 0.05) is 22.6 Å². The van der Waals surface area contributed by atoms with Crippen LogP contribution in [0.2, 0.25) is 0 Å². The summed E-state index contributed by atoms with van der Waals surface area (Å²) < 4.78 is 27.2. The summed E-state index contributed by atoms with van der Waals surface area (Å²) in [5, 5.41) is 3.22. The first kappa shape index (κ1) is 14.2. The molecule has 0 aliphatic rings. The Labute approximate surface area is 119 Å². The van der Waals surface area contributed by atoms with E-state index in [1.54, 1.807) is 24.3 Å². The quantitative estimate of drug-likeness (QED) is 0.867. The van der Waals surface area contributed by atoms with E-state index >= 15 is 0 Å². The molecule has 2 aromatic carbocycles. The molecule has 0 unspecified atom stereocenters. The fourth-order valence-electron chi connectivity index (χ4n) is 1.81. The van der Waals surface area contributed by atoms with E-state index in [9.17, 15) is 8.78 Å². The van der Waals surface area contributed by atoms with Crippen molar-refractivity contribution >= 4 is 15.9 Å². The van der Waals surface area contributed by atoms with E-state index in [1.807, 2.05) is 6.92 Å². The van der Waals surface area contributed by atoms with Gasteiger partial charge in [0.05, 0.1) is 0 Å². The van der Waals surface area contributed by atoms with Crippen molar-refractivity contribution in [2.45, 2.75) is 19.5 Å². The van der Waals surface area contributed by atoms with E-state index in [0.29, 0.717) is 12.1 Å². The van der Waals surface area contributed by atoms with Gasteiger partial charge in [-0.05, 0) is 42.8 Å². The Morgan fingerprint density at radius 1 is 1.11 bits per heavy atom. The van der Waals surface area contributed by atoms with Gasteiger partial charge in [-0.2, -0.15) is 0 Å².